The van der Waals surface area contributed by atoms with Crippen LogP contribution in [0.4, 0.5) is 0 Å². The maximum atomic E-state index is 11.1. The van der Waals surface area contributed by atoms with Crippen LogP contribution in [-0.2, 0) is 0 Å². The van der Waals surface area contributed by atoms with E-state index in [-0.39, 0.29) is 11.8 Å². The molecule has 2 fully saturated rings. The summed E-state index contributed by atoms with van der Waals surface area (Å²) < 4.78 is 1.69. The molecule has 0 aliphatic heterocycles. The molecule has 2 aromatic rings. The van der Waals surface area contributed by atoms with Crippen LogP contribution >= 0.6 is 0 Å². The monoisotopic (exact) mass is 333 g/mol. The van der Waals surface area contributed by atoms with Crippen molar-refractivity contribution in [3.05, 3.63) is 52.6 Å². The molecular formula is C22H23NO2. The van der Waals surface area contributed by atoms with Crippen molar-refractivity contribution in [1.82, 2.24) is 4.57 Å². The Hall–Kier alpha value is -2.16. The molecule has 2 saturated carbocycles. The minimum absolute atomic E-state index is 0.275. The molecule has 0 radical (unpaired) electrons. The Labute approximate surface area is 147 Å². The number of benzene rings is 1. The van der Waals surface area contributed by atoms with E-state index in [1.54, 1.807) is 4.57 Å². The number of nitrogens with zero attached hydrogens (tertiary/aromatic N) is 1. The van der Waals surface area contributed by atoms with E-state index in [1.165, 1.54) is 12.0 Å². The summed E-state index contributed by atoms with van der Waals surface area (Å²) in [6.45, 7) is 4.11. The highest BCUT2D eigenvalue weighted by atomic mass is 16.3. The SMILES string of the molecule is Cc1ccc(-n2c(O)c3c(c2O)C2CC3C3C4C=CC(C4)C23)c(C)c1. The molecule has 4 bridgehead atoms. The molecule has 0 amide bonds. The summed E-state index contributed by atoms with van der Waals surface area (Å²) in [5, 5.41) is 22.1. The third-order valence-electron chi connectivity index (χ3n) is 7.55. The quantitative estimate of drug-likeness (QED) is 0.595. The Morgan fingerprint density at radius 3 is 2.04 bits per heavy atom. The van der Waals surface area contributed by atoms with Gasteiger partial charge in [-0.25, -0.2) is 0 Å². The maximum Gasteiger partial charge on any atom is 0.202 e. The van der Waals surface area contributed by atoms with Crippen LogP contribution in [0.2, 0.25) is 0 Å². The number of hydrogen-bond acceptors (Lipinski definition) is 2. The van der Waals surface area contributed by atoms with Crippen molar-refractivity contribution in [1.29, 1.82) is 0 Å². The van der Waals surface area contributed by atoms with Gasteiger partial charge in [-0.2, -0.15) is 0 Å². The van der Waals surface area contributed by atoms with Crippen molar-refractivity contribution in [2.75, 3.05) is 0 Å². The highest BCUT2D eigenvalue weighted by Crippen LogP contribution is 2.72. The van der Waals surface area contributed by atoms with Crippen LogP contribution in [0.15, 0.2) is 30.4 Å². The predicted molar refractivity (Wildman–Crippen MR) is 96.4 cm³/mol. The summed E-state index contributed by atoms with van der Waals surface area (Å²) >= 11 is 0. The van der Waals surface area contributed by atoms with Gasteiger partial charge in [0.25, 0.3) is 0 Å². The summed E-state index contributed by atoms with van der Waals surface area (Å²) in [7, 11) is 0. The number of aromatic nitrogens is 1. The minimum Gasteiger partial charge on any atom is -0.494 e. The van der Waals surface area contributed by atoms with Gasteiger partial charge in [0.2, 0.25) is 11.8 Å². The number of rotatable bonds is 1. The van der Waals surface area contributed by atoms with Gasteiger partial charge in [-0.1, -0.05) is 29.8 Å². The summed E-state index contributed by atoms with van der Waals surface area (Å²) in [4.78, 5) is 0. The molecule has 0 spiro atoms. The molecule has 4 aliphatic rings. The second-order valence-corrected chi connectivity index (χ2v) is 8.65. The second kappa shape index (κ2) is 4.32. The van der Waals surface area contributed by atoms with Crippen molar-refractivity contribution in [2.45, 2.75) is 38.5 Å². The van der Waals surface area contributed by atoms with Gasteiger partial charge in [0, 0.05) is 11.1 Å². The first-order valence-electron chi connectivity index (χ1n) is 9.48. The van der Waals surface area contributed by atoms with Gasteiger partial charge >= 0.3 is 0 Å². The lowest BCUT2D eigenvalue weighted by atomic mass is 9.72. The zero-order valence-corrected chi connectivity index (χ0v) is 14.6. The summed E-state index contributed by atoms with van der Waals surface area (Å²) in [5.41, 5.74) is 5.25. The normalized spacial score (nSPS) is 36.2. The fraction of sp³-hybridized carbons (Fsp3) is 0.455. The lowest BCUT2D eigenvalue weighted by Gasteiger charge is -2.31. The number of hydrogen-bond donors (Lipinski definition) is 2. The van der Waals surface area contributed by atoms with E-state index in [1.807, 2.05) is 19.1 Å². The highest BCUT2D eigenvalue weighted by molar-refractivity contribution is 5.62. The van der Waals surface area contributed by atoms with Crippen molar-refractivity contribution in [2.24, 2.45) is 23.7 Å². The number of fused-ring (bicyclic) bond motifs is 12. The van der Waals surface area contributed by atoms with Gasteiger partial charge in [-0.3, -0.25) is 4.57 Å². The Kier molecular flexibility index (Phi) is 2.43. The van der Waals surface area contributed by atoms with Crippen molar-refractivity contribution >= 4 is 0 Å². The third-order valence-corrected chi connectivity index (χ3v) is 7.55. The molecule has 3 nitrogen and oxygen atoms in total. The van der Waals surface area contributed by atoms with E-state index in [4.69, 9.17) is 0 Å². The average molecular weight is 333 g/mol. The largest absolute Gasteiger partial charge is 0.494 e. The van der Waals surface area contributed by atoms with Gasteiger partial charge in [0.05, 0.1) is 5.69 Å². The van der Waals surface area contributed by atoms with E-state index in [0.717, 1.165) is 28.8 Å². The standard InChI is InChI=1S/C22H23NO2/c1-10-3-6-16(11(2)7-10)23-21(24)19-14-9-15(20(19)22(23)25)18-13-5-4-12(8-13)17(14)18/h3-7,12-15,17-18,24-25H,8-9H2,1-2H3. The number of allylic oxidation sites excluding steroid dienone is 2. The molecule has 1 aromatic carbocycles. The van der Waals surface area contributed by atoms with Gasteiger partial charge in [0.1, 0.15) is 0 Å². The topological polar surface area (TPSA) is 45.4 Å². The van der Waals surface area contributed by atoms with Gasteiger partial charge in [-0.05, 0) is 73.8 Å². The fourth-order valence-corrected chi connectivity index (χ4v) is 6.84. The first kappa shape index (κ1) is 14.1. The zero-order chi connectivity index (χ0) is 17.0. The average Bonchev–Trinajstić information content (AvgIpc) is 3.35. The van der Waals surface area contributed by atoms with E-state index < -0.39 is 0 Å². The summed E-state index contributed by atoms with van der Waals surface area (Å²) in [5.74, 6) is 4.11. The van der Waals surface area contributed by atoms with Crippen LogP contribution < -0.4 is 0 Å². The maximum absolute atomic E-state index is 11.1. The summed E-state index contributed by atoms with van der Waals surface area (Å²) in [6.07, 6.45) is 7.21. The molecule has 25 heavy (non-hydrogen) atoms. The molecule has 1 heterocycles. The molecule has 4 aliphatic carbocycles. The van der Waals surface area contributed by atoms with Crippen LogP contribution in [0.3, 0.4) is 0 Å². The van der Waals surface area contributed by atoms with Crippen LogP contribution in [0.5, 0.6) is 11.8 Å². The highest BCUT2D eigenvalue weighted by Gasteiger charge is 2.62. The van der Waals surface area contributed by atoms with E-state index in [9.17, 15) is 10.2 Å². The molecule has 128 valence electrons. The Bertz CT molecular complexity index is 906. The molecule has 3 heteroatoms. The Morgan fingerprint density at radius 2 is 1.48 bits per heavy atom. The van der Waals surface area contributed by atoms with Crippen LogP contribution in [-0.4, -0.2) is 14.8 Å². The molecular weight excluding hydrogens is 310 g/mol. The zero-order valence-electron chi connectivity index (χ0n) is 14.6. The molecule has 2 N–H and O–H groups in total. The van der Waals surface area contributed by atoms with E-state index >= 15 is 0 Å². The van der Waals surface area contributed by atoms with Crippen LogP contribution in [0.1, 0.15) is 46.9 Å². The molecule has 6 rings (SSSR count). The summed E-state index contributed by atoms with van der Waals surface area (Å²) in [6, 6.07) is 6.15. The third kappa shape index (κ3) is 1.49. The lowest BCUT2D eigenvalue weighted by Crippen LogP contribution is -2.24. The molecule has 1 aromatic heterocycles. The van der Waals surface area contributed by atoms with Crippen LogP contribution in [0, 0.1) is 37.5 Å². The number of aryl methyl sites for hydroxylation is 2. The van der Waals surface area contributed by atoms with Gasteiger partial charge in [-0.15, -0.1) is 0 Å². The first-order chi connectivity index (χ1) is 12.1. The second-order valence-electron chi connectivity index (χ2n) is 8.65. The predicted octanol–water partition coefficient (Wildman–Crippen LogP) is 4.53. The number of aromatic hydroxyl groups is 2. The first-order valence-corrected chi connectivity index (χ1v) is 9.48. The van der Waals surface area contributed by atoms with Gasteiger partial charge < -0.3 is 10.2 Å². The molecule has 0 saturated heterocycles. The van der Waals surface area contributed by atoms with E-state index in [0.29, 0.717) is 35.5 Å². The van der Waals surface area contributed by atoms with E-state index in [2.05, 4.69) is 25.1 Å². The van der Waals surface area contributed by atoms with Gasteiger partial charge in [0.15, 0.2) is 0 Å². The Balaban J connectivity index is 1.55. The smallest absolute Gasteiger partial charge is 0.202 e. The van der Waals surface area contributed by atoms with Crippen molar-refractivity contribution in [3.63, 3.8) is 0 Å². The van der Waals surface area contributed by atoms with Crippen LogP contribution in [0.25, 0.3) is 5.69 Å². The fourth-order valence-electron chi connectivity index (χ4n) is 6.84. The Morgan fingerprint density at radius 1 is 0.880 bits per heavy atom. The molecule has 6 atom stereocenters. The molecule has 6 unspecified atom stereocenters. The van der Waals surface area contributed by atoms with Crippen molar-refractivity contribution in [3.8, 4) is 17.4 Å². The lowest BCUT2D eigenvalue weighted by molar-refractivity contribution is 0.298. The minimum atomic E-state index is 0.275. The van der Waals surface area contributed by atoms with Crippen molar-refractivity contribution < 1.29 is 10.2 Å².